The molecule has 0 saturated carbocycles. The van der Waals surface area contributed by atoms with Crippen LogP contribution in [0.1, 0.15) is 6.42 Å². The lowest BCUT2D eigenvalue weighted by Gasteiger charge is -2.20. The van der Waals surface area contributed by atoms with Crippen molar-refractivity contribution in [3.8, 4) is 11.8 Å². The fourth-order valence-corrected chi connectivity index (χ4v) is 1.66. The van der Waals surface area contributed by atoms with Crippen molar-refractivity contribution >= 4 is 5.69 Å². The van der Waals surface area contributed by atoms with Crippen molar-refractivity contribution in [1.29, 1.82) is 5.26 Å². The first-order valence-corrected chi connectivity index (χ1v) is 6.33. The third kappa shape index (κ3) is 6.09. The Bertz CT molecular complexity index is 404. The van der Waals surface area contributed by atoms with E-state index in [0.29, 0.717) is 31.1 Å². The molecule has 2 N–H and O–H groups in total. The highest BCUT2D eigenvalue weighted by atomic mass is 16.5. The fourth-order valence-electron chi connectivity index (χ4n) is 1.66. The van der Waals surface area contributed by atoms with Gasteiger partial charge in [0.1, 0.15) is 12.4 Å². The van der Waals surface area contributed by atoms with Crippen molar-refractivity contribution in [2.45, 2.75) is 6.42 Å². The van der Waals surface area contributed by atoms with Crippen LogP contribution in [0.3, 0.4) is 0 Å². The zero-order chi connectivity index (χ0) is 13.9. The Hall–Kier alpha value is -1.77. The molecule has 0 aliphatic rings. The molecule has 0 radical (unpaired) electrons. The number of hydrogen-bond acceptors (Lipinski definition) is 5. The summed E-state index contributed by atoms with van der Waals surface area (Å²) in [5.41, 5.74) is 6.44. The maximum absolute atomic E-state index is 8.62. The average molecular weight is 263 g/mol. The summed E-state index contributed by atoms with van der Waals surface area (Å²) in [4.78, 5) is 2.14. The van der Waals surface area contributed by atoms with E-state index in [2.05, 4.69) is 11.0 Å². The van der Waals surface area contributed by atoms with Gasteiger partial charge < -0.3 is 15.2 Å². The highest BCUT2D eigenvalue weighted by Crippen LogP contribution is 2.19. The van der Waals surface area contributed by atoms with E-state index in [9.17, 15) is 0 Å². The standard InChI is InChI=1S/C14H21N3O2/c1-18-11-9-17(8-4-7-15)10-12-19-14-6-3-2-5-13(14)16/h2-3,5-6H,4,8-12,16H2,1H3. The molecular formula is C14H21N3O2. The largest absolute Gasteiger partial charge is 0.490 e. The molecule has 0 saturated heterocycles. The number of nitriles is 1. The summed E-state index contributed by atoms with van der Waals surface area (Å²) in [6, 6.07) is 9.58. The molecule has 0 spiro atoms. The van der Waals surface area contributed by atoms with Gasteiger partial charge >= 0.3 is 0 Å². The van der Waals surface area contributed by atoms with Crippen molar-refractivity contribution in [2.75, 3.05) is 45.7 Å². The molecule has 19 heavy (non-hydrogen) atoms. The Morgan fingerprint density at radius 1 is 1.21 bits per heavy atom. The van der Waals surface area contributed by atoms with Crippen LogP contribution in [0.4, 0.5) is 5.69 Å². The normalized spacial score (nSPS) is 10.4. The number of hydrogen-bond donors (Lipinski definition) is 1. The van der Waals surface area contributed by atoms with Gasteiger partial charge in [0.05, 0.1) is 18.4 Å². The second-order valence-corrected chi connectivity index (χ2v) is 4.13. The van der Waals surface area contributed by atoms with Gasteiger partial charge in [-0.05, 0) is 12.1 Å². The van der Waals surface area contributed by atoms with Gasteiger partial charge in [-0.2, -0.15) is 5.26 Å². The molecular weight excluding hydrogens is 242 g/mol. The monoisotopic (exact) mass is 263 g/mol. The van der Waals surface area contributed by atoms with E-state index in [1.807, 2.05) is 24.3 Å². The first kappa shape index (κ1) is 15.3. The van der Waals surface area contributed by atoms with Gasteiger partial charge in [-0.3, -0.25) is 4.90 Å². The molecule has 5 heteroatoms. The number of rotatable bonds is 9. The predicted octanol–water partition coefficient (Wildman–Crippen LogP) is 1.51. The number of anilines is 1. The number of para-hydroxylation sites is 2. The third-order valence-electron chi connectivity index (χ3n) is 2.74. The quantitative estimate of drug-likeness (QED) is 0.684. The van der Waals surface area contributed by atoms with E-state index in [0.717, 1.165) is 19.6 Å². The van der Waals surface area contributed by atoms with Gasteiger partial charge in [0.2, 0.25) is 0 Å². The highest BCUT2D eigenvalue weighted by Gasteiger charge is 2.05. The molecule has 5 nitrogen and oxygen atoms in total. The minimum atomic E-state index is 0.511. The molecule has 0 heterocycles. The van der Waals surface area contributed by atoms with E-state index in [1.165, 1.54) is 0 Å². The van der Waals surface area contributed by atoms with Crippen molar-refractivity contribution in [3.63, 3.8) is 0 Å². The fraction of sp³-hybridized carbons (Fsp3) is 0.500. The minimum Gasteiger partial charge on any atom is -0.490 e. The molecule has 104 valence electrons. The van der Waals surface area contributed by atoms with Crippen LogP contribution < -0.4 is 10.5 Å². The molecule has 1 aromatic rings. The Morgan fingerprint density at radius 2 is 1.95 bits per heavy atom. The number of nitrogen functional groups attached to an aromatic ring is 1. The van der Waals surface area contributed by atoms with Crippen LogP contribution in [0, 0.1) is 11.3 Å². The Kier molecular flexibility index (Phi) is 7.40. The van der Waals surface area contributed by atoms with Crippen molar-refractivity contribution in [1.82, 2.24) is 4.90 Å². The average Bonchev–Trinajstić information content (AvgIpc) is 2.43. The number of nitrogens with two attached hydrogens (primary N) is 1. The van der Waals surface area contributed by atoms with Crippen LogP contribution in [0.5, 0.6) is 5.75 Å². The maximum Gasteiger partial charge on any atom is 0.142 e. The van der Waals surface area contributed by atoms with E-state index in [1.54, 1.807) is 7.11 Å². The van der Waals surface area contributed by atoms with Crippen LogP contribution in [0.15, 0.2) is 24.3 Å². The van der Waals surface area contributed by atoms with Gasteiger partial charge in [0.15, 0.2) is 0 Å². The number of nitrogens with zero attached hydrogens (tertiary/aromatic N) is 2. The van der Waals surface area contributed by atoms with Gasteiger partial charge in [-0.1, -0.05) is 12.1 Å². The van der Waals surface area contributed by atoms with E-state index < -0.39 is 0 Å². The number of ether oxygens (including phenoxy) is 2. The van der Waals surface area contributed by atoms with E-state index >= 15 is 0 Å². The van der Waals surface area contributed by atoms with Crippen LogP contribution in [0.25, 0.3) is 0 Å². The zero-order valence-electron chi connectivity index (χ0n) is 11.3. The summed E-state index contributed by atoms with van der Waals surface area (Å²) in [6.07, 6.45) is 0.511. The SMILES string of the molecule is COCCN(CCC#N)CCOc1ccccc1N. The summed E-state index contributed by atoms with van der Waals surface area (Å²) in [5, 5.41) is 8.62. The number of methoxy groups -OCH3 is 1. The highest BCUT2D eigenvalue weighted by molar-refractivity contribution is 5.51. The van der Waals surface area contributed by atoms with Crippen LogP contribution in [-0.4, -0.2) is 44.9 Å². The second-order valence-electron chi connectivity index (χ2n) is 4.13. The summed E-state index contributed by atoms with van der Waals surface area (Å²) in [7, 11) is 1.67. The van der Waals surface area contributed by atoms with Gasteiger partial charge in [-0.25, -0.2) is 0 Å². The molecule has 0 unspecified atom stereocenters. The number of benzene rings is 1. The molecule has 1 aromatic carbocycles. The van der Waals surface area contributed by atoms with Crippen molar-refractivity contribution in [3.05, 3.63) is 24.3 Å². The molecule has 0 amide bonds. The van der Waals surface area contributed by atoms with E-state index in [4.69, 9.17) is 20.5 Å². The van der Waals surface area contributed by atoms with Crippen molar-refractivity contribution < 1.29 is 9.47 Å². The molecule has 0 bridgehead atoms. The van der Waals surface area contributed by atoms with Crippen LogP contribution >= 0.6 is 0 Å². The lowest BCUT2D eigenvalue weighted by Crippen LogP contribution is -2.32. The molecule has 0 aliphatic heterocycles. The van der Waals surface area contributed by atoms with Crippen molar-refractivity contribution in [2.24, 2.45) is 0 Å². The maximum atomic E-state index is 8.62. The summed E-state index contributed by atoms with van der Waals surface area (Å²) in [6.45, 7) is 3.47. The summed E-state index contributed by atoms with van der Waals surface area (Å²) in [5.74, 6) is 0.703. The smallest absolute Gasteiger partial charge is 0.142 e. The Morgan fingerprint density at radius 3 is 2.63 bits per heavy atom. The van der Waals surface area contributed by atoms with Gasteiger partial charge in [0, 0.05) is 33.2 Å². The zero-order valence-corrected chi connectivity index (χ0v) is 11.3. The molecule has 1 rings (SSSR count). The summed E-state index contributed by atoms with van der Waals surface area (Å²) >= 11 is 0. The minimum absolute atomic E-state index is 0.511. The molecule has 0 atom stereocenters. The van der Waals surface area contributed by atoms with Crippen LogP contribution in [-0.2, 0) is 4.74 Å². The molecule has 0 aromatic heterocycles. The Labute approximate surface area is 114 Å². The predicted molar refractivity (Wildman–Crippen MR) is 74.9 cm³/mol. The second kappa shape index (κ2) is 9.20. The summed E-state index contributed by atoms with van der Waals surface area (Å²) < 4.78 is 10.7. The van der Waals surface area contributed by atoms with Gasteiger partial charge in [-0.15, -0.1) is 0 Å². The lowest BCUT2D eigenvalue weighted by atomic mass is 10.3. The Balaban J connectivity index is 2.34. The van der Waals surface area contributed by atoms with E-state index in [-0.39, 0.29) is 0 Å². The molecule has 0 fully saturated rings. The first-order chi connectivity index (χ1) is 9.27. The molecule has 0 aliphatic carbocycles. The third-order valence-corrected chi connectivity index (χ3v) is 2.74. The first-order valence-electron chi connectivity index (χ1n) is 6.33. The van der Waals surface area contributed by atoms with Gasteiger partial charge in [0.25, 0.3) is 0 Å². The van der Waals surface area contributed by atoms with Crippen LogP contribution in [0.2, 0.25) is 0 Å². The topological polar surface area (TPSA) is 71.5 Å². The lowest BCUT2D eigenvalue weighted by molar-refractivity contribution is 0.136.